The molecular formula is C13H20N2S2. The largest absolute Gasteiger partial charge is 0.271 e. The summed E-state index contributed by atoms with van der Waals surface area (Å²) < 4.78 is 0. The van der Waals surface area contributed by atoms with E-state index in [4.69, 9.17) is 5.84 Å². The third-order valence-electron chi connectivity index (χ3n) is 3.16. The molecule has 0 aromatic heterocycles. The molecule has 0 radical (unpaired) electrons. The van der Waals surface area contributed by atoms with Crippen LogP contribution in [-0.2, 0) is 0 Å². The van der Waals surface area contributed by atoms with Crippen molar-refractivity contribution in [3.63, 3.8) is 0 Å². The lowest BCUT2D eigenvalue weighted by Gasteiger charge is -2.35. The minimum Gasteiger partial charge on any atom is -0.271 e. The molecule has 0 aliphatic carbocycles. The second kappa shape index (κ2) is 6.69. The van der Waals surface area contributed by atoms with Gasteiger partial charge in [-0.15, -0.1) is 0 Å². The van der Waals surface area contributed by atoms with E-state index >= 15 is 0 Å². The molecule has 4 heteroatoms. The van der Waals surface area contributed by atoms with Gasteiger partial charge < -0.3 is 0 Å². The maximum absolute atomic E-state index is 5.78. The van der Waals surface area contributed by atoms with Gasteiger partial charge >= 0.3 is 0 Å². The summed E-state index contributed by atoms with van der Waals surface area (Å²) in [6, 6.07) is 10.8. The standard InChI is InChI=1S/C13H20N2S2/c1-2-11-13(17-9-8-16-11)12(15-14)10-6-4-3-5-7-10/h3-7,11-13,15H,2,8-9,14H2,1H3. The molecule has 2 nitrogen and oxygen atoms in total. The van der Waals surface area contributed by atoms with Gasteiger partial charge in [0, 0.05) is 22.0 Å². The Bertz CT molecular complexity index is 331. The second-order valence-corrected chi connectivity index (χ2v) is 6.84. The zero-order valence-electron chi connectivity index (χ0n) is 10.1. The zero-order valence-corrected chi connectivity index (χ0v) is 11.8. The number of hydrazine groups is 1. The maximum Gasteiger partial charge on any atom is 0.0589 e. The van der Waals surface area contributed by atoms with Gasteiger partial charge in [0.15, 0.2) is 0 Å². The number of rotatable bonds is 4. The molecule has 0 saturated carbocycles. The molecule has 1 aromatic carbocycles. The molecule has 3 unspecified atom stereocenters. The first kappa shape index (κ1) is 13.3. The predicted octanol–water partition coefficient (Wildman–Crippen LogP) is 2.82. The Morgan fingerprint density at radius 1 is 1.29 bits per heavy atom. The monoisotopic (exact) mass is 268 g/mol. The molecule has 2 rings (SSSR count). The minimum atomic E-state index is 0.263. The Labute approximate surface area is 112 Å². The Hall–Kier alpha value is -0.160. The summed E-state index contributed by atoms with van der Waals surface area (Å²) in [4.78, 5) is 0. The molecule has 0 spiro atoms. The summed E-state index contributed by atoms with van der Waals surface area (Å²) in [5.74, 6) is 8.28. The van der Waals surface area contributed by atoms with Crippen LogP contribution in [0.4, 0.5) is 0 Å². The lowest BCUT2D eigenvalue weighted by Crippen LogP contribution is -2.41. The number of nitrogens with one attached hydrogen (secondary N) is 1. The topological polar surface area (TPSA) is 38.0 Å². The Balaban J connectivity index is 2.16. The second-order valence-electron chi connectivity index (χ2n) is 4.21. The van der Waals surface area contributed by atoms with Gasteiger partial charge in [0.05, 0.1) is 6.04 Å². The first-order valence-electron chi connectivity index (χ1n) is 6.11. The number of hydrogen-bond acceptors (Lipinski definition) is 4. The highest BCUT2D eigenvalue weighted by atomic mass is 32.2. The number of nitrogens with two attached hydrogens (primary N) is 1. The molecule has 1 aliphatic rings. The van der Waals surface area contributed by atoms with Crippen molar-refractivity contribution < 1.29 is 0 Å². The molecule has 1 aromatic rings. The van der Waals surface area contributed by atoms with Crippen molar-refractivity contribution >= 4 is 23.5 Å². The van der Waals surface area contributed by atoms with E-state index in [1.54, 1.807) is 0 Å². The summed E-state index contributed by atoms with van der Waals surface area (Å²) in [6.45, 7) is 2.27. The van der Waals surface area contributed by atoms with Gasteiger partial charge in [-0.05, 0) is 12.0 Å². The number of thioether (sulfide) groups is 2. The first-order chi connectivity index (χ1) is 8.36. The fraction of sp³-hybridized carbons (Fsp3) is 0.538. The van der Waals surface area contributed by atoms with Crippen molar-refractivity contribution in [1.82, 2.24) is 5.43 Å². The van der Waals surface area contributed by atoms with Crippen molar-refractivity contribution in [3.8, 4) is 0 Å². The minimum absolute atomic E-state index is 0.263. The molecular weight excluding hydrogens is 248 g/mol. The molecule has 1 heterocycles. The van der Waals surface area contributed by atoms with Gasteiger partial charge in [-0.1, -0.05) is 37.3 Å². The van der Waals surface area contributed by atoms with Crippen LogP contribution < -0.4 is 11.3 Å². The van der Waals surface area contributed by atoms with Crippen molar-refractivity contribution in [2.24, 2.45) is 5.84 Å². The lowest BCUT2D eigenvalue weighted by molar-refractivity contribution is 0.514. The van der Waals surface area contributed by atoms with E-state index in [2.05, 4.69) is 66.2 Å². The average Bonchev–Trinajstić information content (AvgIpc) is 2.41. The Kier molecular flexibility index (Phi) is 5.22. The number of hydrogen-bond donors (Lipinski definition) is 2. The maximum atomic E-state index is 5.78. The van der Waals surface area contributed by atoms with Crippen LogP contribution in [0.5, 0.6) is 0 Å². The molecule has 1 aliphatic heterocycles. The normalized spacial score (nSPS) is 26.7. The van der Waals surface area contributed by atoms with Crippen molar-refractivity contribution in [3.05, 3.63) is 35.9 Å². The van der Waals surface area contributed by atoms with Crippen LogP contribution >= 0.6 is 23.5 Å². The fourth-order valence-electron chi connectivity index (χ4n) is 2.29. The van der Waals surface area contributed by atoms with Crippen LogP contribution in [0, 0.1) is 0 Å². The average molecular weight is 268 g/mol. The Morgan fingerprint density at radius 2 is 2.00 bits per heavy atom. The van der Waals surface area contributed by atoms with Gasteiger partial charge in [0.25, 0.3) is 0 Å². The predicted molar refractivity (Wildman–Crippen MR) is 79.3 cm³/mol. The zero-order chi connectivity index (χ0) is 12.1. The molecule has 1 saturated heterocycles. The summed E-state index contributed by atoms with van der Waals surface area (Å²) in [6.07, 6.45) is 1.22. The van der Waals surface area contributed by atoms with E-state index in [1.165, 1.54) is 23.5 Å². The highest BCUT2D eigenvalue weighted by Gasteiger charge is 2.32. The van der Waals surface area contributed by atoms with Crippen LogP contribution in [0.25, 0.3) is 0 Å². The van der Waals surface area contributed by atoms with E-state index in [9.17, 15) is 0 Å². The van der Waals surface area contributed by atoms with E-state index in [0.717, 1.165) is 0 Å². The van der Waals surface area contributed by atoms with E-state index in [-0.39, 0.29) is 6.04 Å². The molecule has 3 atom stereocenters. The van der Waals surface area contributed by atoms with E-state index < -0.39 is 0 Å². The van der Waals surface area contributed by atoms with Crippen LogP contribution in [-0.4, -0.2) is 22.0 Å². The molecule has 3 N–H and O–H groups in total. The smallest absolute Gasteiger partial charge is 0.0589 e. The van der Waals surface area contributed by atoms with Crippen molar-refractivity contribution in [2.75, 3.05) is 11.5 Å². The third-order valence-corrected chi connectivity index (χ3v) is 6.51. The van der Waals surface area contributed by atoms with Gasteiger partial charge in [-0.25, -0.2) is 0 Å². The summed E-state index contributed by atoms with van der Waals surface area (Å²) >= 11 is 4.15. The van der Waals surface area contributed by atoms with Gasteiger partial charge in [0.1, 0.15) is 0 Å². The van der Waals surface area contributed by atoms with Crippen molar-refractivity contribution in [1.29, 1.82) is 0 Å². The summed E-state index contributed by atoms with van der Waals surface area (Å²) in [5, 5.41) is 1.28. The SMILES string of the molecule is CCC1SCCSC1C(NN)c1ccccc1. The van der Waals surface area contributed by atoms with Gasteiger partial charge in [0.2, 0.25) is 0 Å². The van der Waals surface area contributed by atoms with Crippen LogP contribution in [0.15, 0.2) is 30.3 Å². The summed E-state index contributed by atoms with van der Waals surface area (Å²) in [7, 11) is 0. The van der Waals surface area contributed by atoms with Crippen LogP contribution in [0.1, 0.15) is 24.9 Å². The van der Waals surface area contributed by atoms with Gasteiger partial charge in [-0.2, -0.15) is 23.5 Å². The van der Waals surface area contributed by atoms with Gasteiger partial charge in [-0.3, -0.25) is 11.3 Å². The summed E-state index contributed by atoms with van der Waals surface area (Å²) in [5.41, 5.74) is 4.32. The van der Waals surface area contributed by atoms with E-state index in [0.29, 0.717) is 10.5 Å². The molecule has 0 amide bonds. The molecule has 94 valence electrons. The first-order valence-corrected chi connectivity index (χ1v) is 8.20. The fourth-order valence-corrected chi connectivity index (χ4v) is 5.52. The Morgan fingerprint density at radius 3 is 2.65 bits per heavy atom. The number of benzene rings is 1. The molecule has 17 heavy (non-hydrogen) atoms. The third kappa shape index (κ3) is 3.19. The van der Waals surface area contributed by atoms with Crippen LogP contribution in [0.3, 0.4) is 0 Å². The molecule has 0 bridgehead atoms. The highest BCUT2D eigenvalue weighted by Crippen LogP contribution is 2.39. The highest BCUT2D eigenvalue weighted by molar-refractivity contribution is 8.07. The van der Waals surface area contributed by atoms with Crippen molar-refractivity contribution in [2.45, 2.75) is 29.9 Å². The molecule has 1 fully saturated rings. The van der Waals surface area contributed by atoms with E-state index in [1.807, 2.05) is 0 Å². The lowest BCUT2D eigenvalue weighted by atomic mass is 10.0. The quantitative estimate of drug-likeness (QED) is 0.650. The van der Waals surface area contributed by atoms with Crippen LogP contribution in [0.2, 0.25) is 0 Å².